The Morgan fingerprint density at radius 2 is 2.18 bits per heavy atom. The minimum absolute atomic E-state index is 0.0399. The van der Waals surface area contributed by atoms with E-state index >= 15 is 0 Å². The first-order chi connectivity index (χ1) is 8.01. The van der Waals surface area contributed by atoms with Gasteiger partial charge in [-0.2, -0.15) is 0 Å². The minimum atomic E-state index is -0.0399. The van der Waals surface area contributed by atoms with Crippen LogP contribution in [0.15, 0.2) is 22.7 Å². The van der Waals surface area contributed by atoms with E-state index in [9.17, 15) is 0 Å². The first kappa shape index (κ1) is 13.2. The molecule has 1 fully saturated rings. The molecule has 2 rings (SSSR count). The zero-order chi connectivity index (χ0) is 12.5. The zero-order valence-electron chi connectivity index (χ0n) is 10.1. The Balaban J connectivity index is 2.00. The molecule has 2 nitrogen and oxygen atoms in total. The molecule has 0 radical (unpaired) electrons. The summed E-state index contributed by atoms with van der Waals surface area (Å²) in [4.78, 5) is 0. The molecule has 1 aromatic rings. The van der Waals surface area contributed by atoms with E-state index in [2.05, 4.69) is 35.1 Å². The van der Waals surface area contributed by atoms with Gasteiger partial charge in [-0.05, 0) is 31.0 Å². The summed E-state index contributed by atoms with van der Waals surface area (Å²) in [5.74, 6) is 0.776. The van der Waals surface area contributed by atoms with Gasteiger partial charge in [-0.3, -0.25) is 0 Å². The van der Waals surface area contributed by atoms with Gasteiger partial charge in [0.1, 0.15) is 11.4 Å². The summed E-state index contributed by atoms with van der Waals surface area (Å²) in [6, 6.07) is 6.22. The van der Waals surface area contributed by atoms with Crippen molar-refractivity contribution >= 4 is 27.5 Å². The molecule has 17 heavy (non-hydrogen) atoms. The molecule has 0 spiro atoms. The van der Waals surface area contributed by atoms with Crippen molar-refractivity contribution in [2.75, 3.05) is 6.54 Å². The highest BCUT2D eigenvalue weighted by Crippen LogP contribution is 2.42. The third kappa shape index (κ3) is 3.60. The molecule has 0 heterocycles. The normalized spacial score (nSPS) is 17.2. The highest BCUT2D eigenvalue weighted by molar-refractivity contribution is 9.10. The maximum atomic E-state index is 6.15. The van der Waals surface area contributed by atoms with E-state index in [0.717, 1.165) is 29.6 Å². The van der Waals surface area contributed by atoms with Crippen LogP contribution in [0, 0.1) is 0 Å². The zero-order valence-corrected chi connectivity index (χ0v) is 12.4. The number of halogens is 2. The summed E-state index contributed by atoms with van der Waals surface area (Å²) in [7, 11) is 0. The molecular formula is C13H17BrClNO. The Morgan fingerprint density at radius 1 is 1.47 bits per heavy atom. The van der Waals surface area contributed by atoms with Crippen molar-refractivity contribution in [2.45, 2.75) is 38.3 Å². The molecule has 0 bridgehead atoms. The Morgan fingerprint density at radius 3 is 2.71 bits per heavy atom. The van der Waals surface area contributed by atoms with Gasteiger partial charge >= 0.3 is 0 Å². The largest absolute Gasteiger partial charge is 0.484 e. The van der Waals surface area contributed by atoms with Crippen LogP contribution in [0.2, 0.25) is 5.02 Å². The van der Waals surface area contributed by atoms with Crippen LogP contribution in [-0.4, -0.2) is 18.2 Å². The van der Waals surface area contributed by atoms with Crippen molar-refractivity contribution in [3.05, 3.63) is 27.7 Å². The van der Waals surface area contributed by atoms with Crippen LogP contribution in [0.5, 0.6) is 5.75 Å². The number of hydrogen-bond acceptors (Lipinski definition) is 2. The maximum absolute atomic E-state index is 6.15. The first-order valence-corrected chi connectivity index (χ1v) is 7.05. The number of rotatable bonds is 5. The van der Waals surface area contributed by atoms with Gasteiger partial charge in [0.05, 0.1) is 5.02 Å². The molecule has 94 valence electrons. The van der Waals surface area contributed by atoms with Gasteiger partial charge < -0.3 is 10.1 Å². The van der Waals surface area contributed by atoms with E-state index < -0.39 is 0 Å². The molecule has 1 aliphatic rings. The fraction of sp³-hybridized carbons (Fsp3) is 0.538. The van der Waals surface area contributed by atoms with Gasteiger partial charge in [0.25, 0.3) is 0 Å². The number of nitrogens with one attached hydrogen (secondary N) is 1. The lowest BCUT2D eigenvalue weighted by Gasteiger charge is -2.21. The molecule has 1 saturated carbocycles. The third-order valence-corrected chi connectivity index (χ3v) is 3.65. The van der Waals surface area contributed by atoms with Gasteiger partial charge in [0.2, 0.25) is 0 Å². The lowest BCUT2D eigenvalue weighted by Crippen LogP contribution is -2.36. The van der Waals surface area contributed by atoms with Gasteiger partial charge in [0, 0.05) is 17.1 Å². The first-order valence-electron chi connectivity index (χ1n) is 5.88. The van der Waals surface area contributed by atoms with Crippen molar-refractivity contribution in [3.63, 3.8) is 0 Å². The van der Waals surface area contributed by atoms with Gasteiger partial charge in [-0.1, -0.05) is 41.4 Å². The minimum Gasteiger partial charge on any atom is -0.484 e. The van der Waals surface area contributed by atoms with E-state index in [1.165, 1.54) is 0 Å². The van der Waals surface area contributed by atoms with Crippen molar-refractivity contribution in [1.29, 1.82) is 0 Å². The molecule has 1 N–H and O–H groups in total. The van der Waals surface area contributed by atoms with Gasteiger partial charge in [-0.15, -0.1) is 0 Å². The second kappa shape index (κ2) is 5.17. The maximum Gasteiger partial charge on any atom is 0.138 e. The highest BCUT2D eigenvalue weighted by Gasteiger charge is 2.45. The summed E-state index contributed by atoms with van der Waals surface area (Å²) >= 11 is 9.54. The molecular weight excluding hydrogens is 302 g/mol. The molecule has 0 aromatic heterocycles. The summed E-state index contributed by atoms with van der Waals surface area (Å²) in [5, 5.41) is 4.08. The van der Waals surface area contributed by atoms with Crippen LogP contribution in [0.25, 0.3) is 0 Å². The van der Waals surface area contributed by atoms with Crippen LogP contribution in [0.1, 0.15) is 26.7 Å². The predicted octanol–water partition coefficient (Wildman–Crippen LogP) is 4.01. The van der Waals surface area contributed by atoms with E-state index in [1.54, 1.807) is 0 Å². The van der Waals surface area contributed by atoms with E-state index in [4.69, 9.17) is 16.3 Å². The molecule has 0 atom stereocenters. The summed E-state index contributed by atoms with van der Waals surface area (Å²) < 4.78 is 7.01. The van der Waals surface area contributed by atoms with Crippen LogP contribution >= 0.6 is 27.5 Å². The SMILES string of the molecule is CC(C)NCC1(Oc2ccc(Br)cc2Cl)CC1. The molecule has 4 heteroatoms. The number of hydrogen-bond donors (Lipinski definition) is 1. The average molecular weight is 319 g/mol. The monoisotopic (exact) mass is 317 g/mol. The molecule has 0 saturated heterocycles. The summed E-state index contributed by atoms with van der Waals surface area (Å²) in [5.41, 5.74) is -0.0399. The second-order valence-corrected chi connectivity index (χ2v) is 6.22. The molecule has 0 amide bonds. The van der Waals surface area contributed by atoms with Crippen LogP contribution in [0.4, 0.5) is 0 Å². The van der Waals surface area contributed by atoms with Crippen molar-refractivity contribution in [1.82, 2.24) is 5.32 Å². The lowest BCUT2D eigenvalue weighted by molar-refractivity contribution is 0.172. The fourth-order valence-electron chi connectivity index (χ4n) is 1.64. The highest BCUT2D eigenvalue weighted by atomic mass is 79.9. The topological polar surface area (TPSA) is 21.3 Å². The van der Waals surface area contributed by atoms with Crippen molar-refractivity contribution in [2.24, 2.45) is 0 Å². The van der Waals surface area contributed by atoms with E-state index in [0.29, 0.717) is 11.1 Å². The number of benzene rings is 1. The van der Waals surface area contributed by atoms with Crippen LogP contribution < -0.4 is 10.1 Å². The molecule has 0 unspecified atom stereocenters. The van der Waals surface area contributed by atoms with Crippen LogP contribution in [0.3, 0.4) is 0 Å². The molecule has 1 aromatic carbocycles. The second-order valence-electron chi connectivity index (χ2n) is 4.90. The third-order valence-electron chi connectivity index (χ3n) is 2.86. The average Bonchev–Trinajstić information content (AvgIpc) is 3.00. The Bertz CT molecular complexity index is 404. The number of ether oxygens (including phenoxy) is 1. The van der Waals surface area contributed by atoms with Crippen molar-refractivity contribution < 1.29 is 4.74 Å². The predicted molar refractivity (Wildman–Crippen MR) is 74.9 cm³/mol. The van der Waals surface area contributed by atoms with E-state index in [-0.39, 0.29) is 5.60 Å². The molecule has 1 aliphatic carbocycles. The Hall–Kier alpha value is -0.250. The standard InChI is InChI=1S/C13H17BrClNO/c1-9(2)16-8-13(5-6-13)17-12-4-3-10(14)7-11(12)15/h3-4,7,9,16H,5-6,8H2,1-2H3. The quantitative estimate of drug-likeness (QED) is 0.885. The smallest absolute Gasteiger partial charge is 0.138 e. The lowest BCUT2D eigenvalue weighted by atomic mass is 10.3. The van der Waals surface area contributed by atoms with Gasteiger partial charge in [0.15, 0.2) is 0 Å². The summed E-state index contributed by atoms with van der Waals surface area (Å²) in [6.07, 6.45) is 2.19. The fourth-order valence-corrected chi connectivity index (χ4v) is 2.35. The summed E-state index contributed by atoms with van der Waals surface area (Å²) in [6.45, 7) is 5.17. The Labute approximate surface area is 116 Å². The van der Waals surface area contributed by atoms with Gasteiger partial charge in [-0.25, -0.2) is 0 Å². The molecule has 0 aliphatic heterocycles. The van der Waals surface area contributed by atoms with Crippen molar-refractivity contribution in [3.8, 4) is 5.75 Å². The van der Waals surface area contributed by atoms with E-state index in [1.807, 2.05) is 18.2 Å². The Kier molecular flexibility index (Phi) is 4.01. The van der Waals surface area contributed by atoms with Crippen LogP contribution in [-0.2, 0) is 0 Å².